The predicted molar refractivity (Wildman–Crippen MR) is 255 cm³/mol. The fourth-order valence-corrected chi connectivity index (χ4v) is 8.41. The molecule has 2 N–H and O–H groups in total. The summed E-state index contributed by atoms with van der Waals surface area (Å²) in [6, 6.07) is 24.5. The zero-order valence-corrected chi connectivity index (χ0v) is 39.9. The molecule has 1 aliphatic rings. The second-order valence-corrected chi connectivity index (χ2v) is 22.0. The van der Waals surface area contributed by atoms with Crippen molar-refractivity contribution in [3.05, 3.63) is 186 Å². The first-order valence-electron chi connectivity index (χ1n) is 22.5. The number of fused-ring (bicyclic) bond motifs is 8. The molecule has 8 heteroatoms. The first-order chi connectivity index (χ1) is 29.8. The third-order valence-electron chi connectivity index (χ3n) is 12.5. The van der Waals surface area contributed by atoms with Gasteiger partial charge in [0.25, 0.3) is 0 Å². The van der Waals surface area contributed by atoms with Gasteiger partial charge in [0, 0.05) is 61.1 Å². The van der Waals surface area contributed by atoms with Gasteiger partial charge < -0.3 is 30.1 Å². The average Bonchev–Trinajstić information content (AvgIpc) is 3.19. The quantitative estimate of drug-likeness (QED) is 0.127. The Labute approximate surface area is 380 Å². The fraction of sp³-hybridized carbons (Fsp3) is 0.393. The molecule has 8 nitrogen and oxygen atoms in total. The van der Waals surface area contributed by atoms with Gasteiger partial charge >= 0.3 is 0 Å². The summed E-state index contributed by atoms with van der Waals surface area (Å²) in [5, 5.41) is 48.9. The zero-order chi connectivity index (χ0) is 46.5. The average molecular weight is 863 g/mol. The Hall–Kier alpha value is -6.02. The van der Waals surface area contributed by atoms with E-state index in [0.29, 0.717) is 25.7 Å². The predicted octanol–water partition coefficient (Wildman–Crippen LogP) is 11.4. The van der Waals surface area contributed by atoms with Gasteiger partial charge in [-0.05, 0) is 88.4 Å². The number of hydrogen-bond donors (Lipinski definition) is 2. The molecule has 0 amide bonds. The number of aromatic nitrogens is 2. The van der Waals surface area contributed by atoms with Crippen molar-refractivity contribution in [3.63, 3.8) is 0 Å². The van der Waals surface area contributed by atoms with Crippen molar-refractivity contribution in [1.82, 2.24) is 0 Å². The van der Waals surface area contributed by atoms with Crippen LogP contribution in [-0.2, 0) is 60.6 Å². The molecule has 2 heterocycles. The highest BCUT2D eigenvalue weighted by molar-refractivity contribution is 5.59. The number of phenolic OH excluding ortho intramolecular Hbond substituents is 2. The molecule has 0 aliphatic heterocycles. The topological polar surface area (TPSA) is 113 Å². The second kappa shape index (κ2) is 17.2. The van der Waals surface area contributed by atoms with E-state index in [-0.39, 0.29) is 46.4 Å². The van der Waals surface area contributed by atoms with E-state index >= 15 is 0 Å². The largest absolute Gasteiger partial charge is 0.619 e. The third-order valence-corrected chi connectivity index (χ3v) is 12.5. The van der Waals surface area contributed by atoms with Crippen molar-refractivity contribution < 1.29 is 29.1 Å². The lowest BCUT2D eigenvalue weighted by Gasteiger charge is -2.28. The van der Waals surface area contributed by atoms with E-state index in [1.165, 1.54) is 24.8 Å². The molecule has 7 rings (SSSR count). The van der Waals surface area contributed by atoms with Gasteiger partial charge in [0.15, 0.2) is 24.8 Å². The van der Waals surface area contributed by atoms with E-state index in [9.17, 15) is 20.6 Å². The van der Waals surface area contributed by atoms with E-state index in [4.69, 9.17) is 9.47 Å². The van der Waals surface area contributed by atoms with Crippen LogP contribution in [0.1, 0.15) is 161 Å². The van der Waals surface area contributed by atoms with Crippen molar-refractivity contribution in [1.29, 1.82) is 0 Å². The first-order valence-corrected chi connectivity index (χ1v) is 22.5. The summed E-state index contributed by atoms with van der Waals surface area (Å²) in [6.07, 6.45) is 7.46. The molecular formula is C56H66N2O6. The molecule has 8 bridgehead atoms. The highest BCUT2D eigenvalue weighted by Crippen LogP contribution is 2.44. The Morgan fingerprint density at radius 1 is 0.406 bits per heavy atom. The van der Waals surface area contributed by atoms with Crippen molar-refractivity contribution in [2.45, 2.75) is 144 Å². The van der Waals surface area contributed by atoms with Crippen LogP contribution in [-0.4, -0.2) is 10.2 Å². The number of aromatic hydroxyl groups is 2. The maximum atomic E-state index is 12.4. The highest BCUT2D eigenvalue weighted by atomic mass is 16.5. The van der Waals surface area contributed by atoms with Gasteiger partial charge in [0.2, 0.25) is 0 Å². The monoisotopic (exact) mass is 862 g/mol. The SMILES string of the molecule is CC(C)(C)c1cc2c(O)c(c1)Cc1cc(C(C)(C)C)cc(c1OCc1cc[n+]([O-])cc1)Cc1cc(C(C)(C)C)cc(c1OCc1cc[n+]([O-])cc1)Cc1cc(C(C)(C)C)cc(c1O)C2. The molecule has 64 heavy (non-hydrogen) atoms. The van der Waals surface area contributed by atoms with Gasteiger partial charge in [0.1, 0.15) is 36.2 Å². The Balaban J connectivity index is 1.57. The Bertz CT molecular complexity index is 2490. The third kappa shape index (κ3) is 10.3. The molecule has 0 fully saturated rings. The Morgan fingerprint density at radius 3 is 0.875 bits per heavy atom. The molecule has 0 unspecified atom stereocenters. The normalized spacial score (nSPS) is 13.4. The number of phenols is 2. The molecule has 0 saturated heterocycles. The number of ether oxygens (including phenoxy) is 2. The summed E-state index contributed by atoms with van der Waals surface area (Å²) in [5.74, 6) is 1.85. The van der Waals surface area contributed by atoms with Crippen molar-refractivity contribution in [2.75, 3.05) is 0 Å². The standard InChI is InChI=1S/C56H66N2O6/c1-53(2,3)45-25-37-21-38-26-46(54(4,5)6)28-40(50(38)60)23-42-30-48(56(10,11)12)32-44(52(42)64-34-36-15-19-58(62)20-16-36)24-43-31-47(55(7,8)9)29-41(22-39(27-45)49(37)59)51(43)63-33-35-13-17-57(61)18-14-35/h13-20,25-32,59-60H,21-24,33-34H2,1-12H3. The minimum absolute atomic E-state index is 0.207. The summed E-state index contributed by atoms with van der Waals surface area (Å²) in [5.41, 5.74) is 12.0. The molecule has 0 radical (unpaired) electrons. The van der Waals surface area contributed by atoms with Crippen LogP contribution in [0.25, 0.3) is 0 Å². The molecule has 1 aliphatic carbocycles. The van der Waals surface area contributed by atoms with Crippen LogP contribution in [0.5, 0.6) is 23.0 Å². The van der Waals surface area contributed by atoms with Crippen LogP contribution in [0.15, 0.2) is 97.6 Å². The maximum Gasteiger partial charge on any atom is 0.180 e. The molecule has 6 aromatic rings. The van der Waals surface area contributed by atoms with Crippen molar-refractivity contribution in [3.8, 4) is 23.0 Å². The molecule has 4 aromatic carbocycles. The minimum Gasteiger partial charge on any atom is -0.619 e. The van der Waals surface area contributed by atoms with E-state index < -0.39 is 0 Å². The summed E-state index contributed by atoms with van der Waals surface area (Å²) >= 11 is 0. The lowest BCUT2D eigenvalue weighted by atomic mass is 9.79. The van der Waals surface area contributed by atoms with Crippen LogP contribution in [0.3, 0.4) is 0 Å². The van der Waals surface area contributed by atoms with E-state index in [1.807, 2.05) is 0 Å². The number of pyridine rings is 2. The minimum atomic E-state index is -0.237. The molecular weight excluding hydrogens is 797 g/mol. The summed E-state index contributed by atoms with van der Waals surface area (Å²) in [6.45, 7) is 26.8. The van der Waals surface area contributed by atoms with Gasteiger partial charge in [-0.2, -0.15) is 9.46 Å². The van der Waals surface area contributed by atoms with Crippen molar-refractivity contribution in [2.24, 2.45) is 0 Å². The van der Waals surface area contributed by atoms with Gasteiger partial charge in [-0.25, -0.2) is 0 Å². The van der Waals surface area contributed by atoms with Gasteiger partial charge in [-0.3, -0.25) is 0 Å². The summed E-state index contributed by atoms with van der Waals surface area (Å²) in [7, 11) is 0. The number of benzene rings is 4. The molecule has 0 atom stereocenters. The van der Waals surface area contributed by atoms with E-state index in [0.717, 1.165) is 98.8 Å². The maximum absolute atomic E-state index is 12.4. The van der Waals surface area contributed by atoms with Gasteiger partial charge in [-0.15, -0.1) is 0 Å². The van der Waals surface area contributed by atoms with Crippen LogP contribution in [0.2, 0.25) is 0 Å². The number of rotatable bonds is 6. The molecule has 0 saturated carbocycles. The second-order valence-electron chi connectivity index (χ2n) is 22.0. The highest BCUT2D eigenvalue weighted by Gasteiger charge is 2.29. The Morgan fingerprint density at radius 2 is 0.625 bits per heavy atom. The smallest absolute Gasteiger partial charge is 0.180 e. The zero-order valence-electron chi connectivity index (χ0n) is 39.9. The number of hydrogen-bond acceptors (Lipinski definition) is 6. The van der Waals surface area contributed by atoms with Crippen LogP contribution in [0.4, 0.5) is 0 Å². The molecule has 0 spiro atoms. The van der Waals surface area contributed by atoms with E-state index in [2.05, 4.69) is 132 Å². The van der Waals surface area contributed by atoms with Crippen LogP contribution >= 0.6 is 0 Å². The lowest BCUT2D eigenvalue weighted by Crippen LogP contribution is -2.24. The Kier molecular flexibility index (Phi) is 12.3. The fourth-order valence-electron chi connectivity index (χ4n) is 8.41. The van der Waals surface area contributed by atoms with Crippen LogP contribution in [0, 0.1) is 10.4 Å². The summed E-state index contributed by atoms with van der Waals surface area (Å²) < 4.78 is 15.5. The van der Waals surface area contributed by atoms with Gasteiger partial charge in [0.05, 0.1) is 0 Å². The lowest BCUT2D eigenvalue weighted by molar-refractivity contribution is -0.605. The van der Waals surface area contributed by atoms with E-state index in [1.54, 1.807) is 24.3 Å². The van der Waals surface area contributed by atoms with Crippen LogP contribution < -0.4 is 18.9 Å². The molecule has 336 valence electrons. The first kappa shape index (κ1) is 46.0. The summed E-state index contributed by atoms with van der Waals surface area (Å²) in [4.78, 5) is 0. The van der Waals surface area contributed by atoms with Gasteiger partial charge in [-0.1, -0.05) is 132 Å². The molecule has 2 aromatic heterocycles. The number of nitrogens with zero attached hydrogens (tertiary/aromatic N) is 2. The van der Waals surface area contributed by atoms with Crippen molar-refractivity contribution >= 4 is 0 Å².